The first-order valence-electron chi connectivity index (χ1n) is 6.61. The number of rotatable bonds is 4. The molecular weight excluding hydrogens is 246 g/mol. The second-order valence-electron chi connectivity index (χ2n) is 5.24. The van der Waals surface area contributed by atoms with E-state index in [1.54, 1.807) is 11.3 Å². The molecule has 0 saturated carbocycles. The summed E-state index contributed by atoms with van der Waals surface area (Å²) in [7, 11) is 0. The van der Waals surface area contributed by atoms with Gasteiger partial charge in [0.1, 0.15) is 5.69 Å². The number of hydrogen-bond donors (Lipinski definition) is 2. The van der Waals surface area contributed by atoms with Gasteiger partial charge < -0.3 is 10.6 Å². The summed E-state index contributed by atoms with van der Waals surface area (Å²) in [5.74, 6) is 0.546. The van der Waals surface area contributed by atoms with Gasteiger partial charge in [-0.25, -0.2) is 4.98 Å². The van der Waals surface area contributed by atoms with Gasteiger partial charge in [0.25, 0.3) is 5.91 Å². The molecule has 1 amide bonds. The molecule has 0 aromatic carbocycles. The largest absolute Gasteiger partial charge is 0.347 e. The van der Waals surface area contributed by atoms with Crippen LogP contribution in [0.3, 0.4) is 0 Å². The third-order valence-corrected chi connectivity index (χ3v) is 3.87. The van der Waals surface area contributed by atoms with Crippen LogP contribution in [0.25, 0.3) is 0 Å². The average molecular weight is 267 g/mol. The van der Waals surface area contributed by atoms with Gasteiger partial charge in [-0.3, -0.25) is 4.79 Å². The van der Waals surface area contributed by atoms with Crippen LogP contribution in [-0.4, -0.2) is 30.0 Å². The second-order valence-corrected chi connectivity index (χ2v) is 6.18. The number of hydrogen-bond acceptors (Lipinski definition) is 4. The molecule has 1 aliphatic rings. The summed E-state index contributed by atoms with van der Waals surface area (Å²) in [4.78, 5) is 16.4. The summed E-state index contributed by atoms with van der Waals surface area (Å²) < 4.78 is 0. The van der Waals surface area contributed by atoms with Gasteiger partial charge in [-0.15, -0.1) is 11.3 Å². The normalized spacial score (nSPS) is 20.1. The molecule has 1 atom stereocenters. The summed E-state index contributed by atoms with van der Waals surface area (Å²) in [6.07, 6.45) is 3.13. The van der Waals surface area contributed by atoms with Gasteiger partial charge >= 0.3 is 0 Å². The van der Waals surface area contributed by atoms with E-state index in [-0.39, 0.29) is 11.9 Å². The summed E-state index contributed by atoms with van der Waals surface area (Å²) in [6, 6.07) is 0.251. The molecule has 0 radical (unpaired) electrons. The summed E-state index contributed by atoms with van der Waals surface area (Å²) >= 11 is 1.58. The Hall–Kier alpha value is -0.940. The van der Waals surface area contributed by atoms with E-state index in [0.717, 1.165) is 37.4 Å². The number of nitrogens with one attached hydrogen (secondary N) is 2. The number of thiazole rings is 1. The first kappa shape index (κ1) is 13.5. The molecule has 5 heteroatoms. The minimum atomic E-state index is -0.0324. The van der Waals surface area contributed by atoms with Crippen molar-refractivity contribution < 1.29 is 4.79 Å². The highest BCUT2D eigenvalue weighted by Gasteiger charge is 2.18. The van der Waals surface area contributed by atoms with Crippen molar-refractivity contribution in [1.82, 2.24) is 15.6 Å². The van der Waals surface area contributed by atoms with Gasteiger partial charge in [0, 0.05) is 24.4 Å². The molecular formula is C13H21N3OS. The highest BCUT2D eigenvalue weighted by Crippen LogP contribution is 2.14. The van der Waals surface area contributed by atoms with Crippen LogP contribution in [0.2, 0.25) is 0 Å². The molecule has 1 aromatic heterocycles. The van der Waals surface area contributed by atoms with Crippen molar-refractivity contribution in [2.45, 2.75) is 39.2 Å². The molecule has 1 saturated heterocycles. The number of carbonyl (C=O) groups excluding carboxylic acids is 1. The topological polar surface area (TPSA) is 54.0 Å². The second kappa shape index (κ2) is 6.29. The third-order valence-electron chi connectivity index (χ3n) is 3.00. The summed E-state index contributed by atoms with van der Waals surface area (Å²) in [5.41, 5.74) is 0.571. The Labute approximate surface area is 112 Å². The quantitative estimate of drug-likeness (QED) is 0.875. The average Bonchev–Trinajstić information content (AvgIpc) is 2.78. The van der Waals surface area contributed by atoms with E-state index in [0.29, 0.717) is 11.6 Å². The molecule has 1 aromatic rings. The lowest BCUT2D eigenvalue weighted by molar-refractivity contribution is 0.0926. The van der Waals surface area contributed by atoms with Crippen LogP contribution in [-0.2, 0) is 6.42 Å². The number of amides is 1. The van der Waals surface area contributed by atoms with Gasteiger partial charge in [0.05, 0.1) is 5.01 Å². The maximum absolute atomic E-state index is 12.0. The van der Waals surface area contributed by atoms with E-state index in [4.69, 9.17) is 0 Å². The molecule has 1 fully saturated rings. The fraction of sp³-hybridized carbons (Fsp3) is 0.692. The van der Waals surface area contributed by atoms with Crippen LogP contribution in [0.15, 0.2) is 5.38 Å². The van der Waals surface area contributed by atoms with Crippen molar-refractivity contribution in [2.24, 2.45) is 5.92 Å². The minimum absolute atomic E-state index is 0.0324. The minimum Gasteiger partial charge on any atom is -0.347 e. The maximum Gasteiger partial charge on any atom is 0.271 e. The van der Waals surface area contributed by atoms with Gasteiger partial charge in [-0.2, -0.15) is 0 Å². The highest BCUT2D eigenvalue weighted by atomic mass is 32.1. The molecule has 4 nitrogen and oxygen atoms in total. The highest BCUT2D eigenvalue weighted by molar-refractivity contribution is 7.09. The molecule has 18 heavy (non-hydrogen) atoms. The van der Waals surface area contributed by atoms with Crippen molar-refractivity contribution in [3.05, 3.63) is 16.1 Å². The molecule has 1 aliphatic heterocycles. The lowest BCUT2D eigenvalue weighted by atomic mass is 10.1. The lowest BCUT2D eigenvalue weighted by Gasteiger charge is -2.23. The standard InChI is InChI=1S/C13H21N3OS/c1-9(2)6-12-16-11(8-18-12)13(17)15-10-4-3-5-14-7-10/h8-10,14H,3-7H2,1-2H3,(H,15,17)/t10-/m0/s1. The van der Waals surface area contributed by atoms with E-state index in [9.17, 15) is 4.79 Å². The monoisotopic (exact) mass is 267 g/mol. The van der Waals surface area contributed by atoms with E-state index in [2.05, 4.69) is 29.5 Å². The SMILES string of the molecule is CC(C)Cc1nc(C(=O)N[C@H]2CCCNC2)cs1. The van der Waals surface area contributed by atoms with Crippen molar-refractivity contribution in [1.29, 1.82) is 0 Å². The van der Waals surface area contributed by atoms with Crippen molar-refractivity contribution in [3.8, 4) is 0 Å². The van der Waals surface area contributed by atoms with Crippen LogP contribution >= 0.6 is 11.3 Å². The van der Waals surface area contributed by atoms with Gasteiger partial charge in [-0.05, 0) is 25.3 Å². The number of piperidine rings is 1. The Morgan fingerprint density at radius 3 is 3.17 bits per heavy atom. The molecule has 0 aliphatic carbocycles. The molecule has 100 valence electrons. The van der Waals surface area contributed by atoms with Gasteiger partial charge in [0.15, 0.2) is 0 Å². The zero-order valence-corrected chi connectivity index (χ0v) is 11.8. The molecule has 2 rings (SSSR count). The first-order valence-corrected chi connectivity index (χ1v) is 7.49. The van der Waals surface area contributed by atoms with Crippen molar-refractivity contribution in [2.75, 3.05) is 13.1 Å². The van der Waals surface area contributed by atoms with E-state index < -0.39 is 0 Å². The zero-order chi connectivity index (χ0) is 13.0. The Kier molecular flexibility index (Phi) is 4.72. The van der Waals surface area contributed by atoms with Crippen LogP contribution < -0.4 is 10.6 Å². The smallest absolute Gasteiger partial charge is 0.271 e. The fourth-order valence-electron chi connectivity index (χ4n) is 2.09. The van der Waals surface area contributed by atoms with Gasteiger partial charge in [-0.1, -0.05) is 13.8 Å². The summed E-state index contributed by atoms with van der Waals surface area (Å²) in [6.45, 7) is 6.25. The lowest BCUT2D eigenvalue weighted by Crippen LogP contribution is -2.45. The first-order chi connectivity index (χ1) is 8.65. The van der Waals surface area contributed by atoms with Crippen molar-refractivity contribution >= 4 is 17.2 Å². The maximum atomic E-state index is 12.0. The van der Waals surface area contributed by atoms with E-state index >= 15 is 0 Å². The number of nitrogens with zero attached hydrogens (tertiary/aromatic N) is 1. The van der Waals surface area contributed by atoms with E-state index in [1.807, 2.05) is 5.38 Å². The predicted molar refractivity (Wildman–Crippen MR) is 74.0 cm³/mol. The summed E-state index contributed by atoms with van der Waals surface area (Å²) in [5, 5.41) is 9.25. The molecule has 0 unspecified atom stereocenters. The zero-order valence-electron chi connectivity index (χ0n) is 11.0. The van der Waals surface area contributed by atoms with E-state index in [1.165, 1.54) is 0 Å². The van der Waals surface area contributed by atoms with Gasteiger partial charge in [0.2, 0.25) is 0 Å². The molecule has 2 heterocycles. The Morgan fingerprint density at radius 1 is 1.67 bits per heavy atom. The predicted octanol–water partition coefficient (Wildman–Crippen LogP) is 1.82. The fourth-order valence-corrected chi connectivity index (χ4v) is 3.08. The third kappa shape index (κ3) is 3.78. The Balaban J connectivity index is 1.89. The molecule has 0 bridgehead atoms. The van der Waals surface area contributed by atoms with Crippen LogP contribution in [0.4, 0.5) is 0 Å². The Bertz CT molecular complexity index is 397. The van der Waals surface area contributed by atoms with Crippen LogP contribution in [0, 0.1) is 5.92 Å². The number of aromatic nitrogens is 1. The molecule has 0 spiro atoms. The number of carbonyl (C=O) groups is 1. The Morgan fingerprint density at radius 2 is 2.50 bits per heavy atom. The van der Waals surface area contributed by atoms with Crippen LogP contribution in [0.5, 0.6) is 0 Å². The van der Waals surface area contributed by atoms with Crippen LogP contribution in [0.1, 0.15) is 42.2 Å². The van der Waals surface area contributed by atoms with Crippen molar-refractivity contribution in [3.63, 3.8) is 0 Å². The molecule has 2 N–H and O–H groups in total.